The number of nitrogens with one attached hydrogen (secondary N) is 1. The number of para-hydroxylation sites is 1. The molecule has 2 aromatic rings. The first-order valence-corrected chi connectivity index (χ1v) is 9.56. The predicted molar refractivity (Wildman–Crippen MR) is 95.4 cm³/mol. The van der Waals surface area contributed by atoms with Crippen molar-refractivity contribution in [2.24, 2.45) is 17.8 Å². The molecule has 6 rings (SSSR count). The van der Waals surface area contributed by atoms with E-state index in [0.29, 0.717) is 5.54 Å². The maximum absolute atomic E-state index is 4.06. The number of hydrogen-bond donors (Lipinski definition) is 1. The van der Waals surface area contributed by atoms with Gasteiger partial charge in [-0.2, -0.15) is 0 Å². The fourth-order valence-corrected chi connectivity index (χ4v) is 6.34. The van der Waals surface area contributed by atoms with Crippen molar-refractivity contribution in [3.8, 4) is 0 Å². The van der Waals surface area contributed by atoms with Crippen LogP contribution in [0.3, 0.4) is 0 Å². The van der Waals surface area contributed by atoms with Gasteiger partial charge in [-0.3, -0.25) is 0 Å². The minimum Gasteiger partial charge on any atom is -0.347 e. The van der Waals surface area contributed by atoms with Crippen molar-refractivity contribution < 1.29 is 0 Å². The van der Waals surface area contributed by atoms with E-state index >= 15 is 0 Å². The fraction of sp³-hybridized carbons (Fsp3) is 0.619. The first-order chi connectivity index (χ1) is 11.2. The molecule has 4 saturated carbocycles. The average Bonchev–Trinajstić information content (AvgIpc) is 2.90. The molecule has 1 aromatic carbocycles. The molecule has 0 radical (unpaired) electrons. The molecular weight excluding hydrogens is 280 g/mol. The van der Waals surface area contributed by atoms with Crippen LogP contribution in [0.4, 0.5) is 0 Å². The van der Waals surface area contributed by atoms with Crippen LogP contribution in [0.5, 0.6) is 0 Å². The lowest BCUT2D eigenvalue weighted by Gasteiger charge is -2.57. The highest BCUT2D eigenvalue weighted by atomic mass is 15.0. The number of aryl methyl sites for hydroxylation is 1. The lowest BCUT2D eigenvalue weighted by Crippen LogP contribution is -2.58. The molecule has 4 bridgehead atoms. The van der Waals surface area contributed by atoms with E-state index in [9.17, 15) is 0 Å². The fourth-order valence-electron chi connectivity index (χ4n) is 6.34. The quantitative estimate of drug-likeness (QED) is 0.865. The molecule has 23 heavy (non-hydrogen) atoms. The Kier molecular flexibility index (Phi) is 3.13. The van der Waals surface area contributed by atoms with E-state index in [-0.39, 0.29) is 0 Å². The number of fused-ring (bicyclic) bond motifs is 1. The zero-order valence-corrected chi connectivity index (χ0v) is 14.2. The smallest absolute Gasteiger partial charge is 0.0483 e. The number of nitrogens with zero attached hydrogens (tertiary/aromatic N) is 1. The summed E-state index contributed by atoms with van der Waals surface area (Å²) in [4.78, 5) is 0. The molecule has 4 aliphatic carbocycles. The maximum atomic E-state index is 4.06. The number of rotatable bonds is 4. The third-order valence-corrected chi connectivity index (χ3v) is 6.90. The SMILES string of the molecule is CCn1cc(CNC23CC4CC(CC(C4)C2)C3)c2ccccc21. The lowest BCUT2D eigenvalue weighted by molar-refractivity contribution is -0.0205. The second kappa shape index (κ2) is 5.11. The van der Waals surface area contributed by atoms with Crippen LogP contribution in [0.15, 0.2) is 30.5 Å². The second-order valence-corrected chi connectivity index (χ2v) is 8.51. The molecule has 0 spiro atoms. The summed E-state index contributed by atoms with van der Waals surface area (Å²) in [5.74, 6) is 3.06. The minimum absolute atomic E-state index is 0.462. The van der Waals surface area contributed by atoms with Crippen molar-refractivity contribution in [1.82, 2.24) is 9.88 Å². The van der Waals surface area contributed by atoms with Gasteiger partial charge in [-0.05, 0) is 74.8 Å². The Morgan fingerprint density at radius 3 is 2.35 bits per heavy atom. The maximum Gasteiger partial charge on any atom is 0.0483 e. The Labute approximate surface area is 139 Å². The van der Waals surface area contributed by atoms with Gasteiger partial charge in [0.1, 0.15) is 0 Å². The van der Waals surface area contributed by atoms with E-state index < -0.39 is 0 Å². The highest BCUT2D eigenvalue weighted by Gasteiger charge is 2.50. The molecule has 1 heterocycles. The van der Waals surface area contributed by atoms with Crippen molar-refractivity contribution in [3.63, 3.8) is 0 Å². The number of hydrogen-bond acceptors (Lipinski definition) is 1. The lowest BCUT2D eigenvalue weighted by atomic mass is 9.53. The van der Waals surface area contributed by atoms with Gasteiger partial charge in [-0.15, -0.1) is 0 Å². The van der Waals surface area contributed by atoms with E-state index in [0.717, 1.165) is 30.8 Å². The Hall–Kier alpha value is -1.28. The summed E-state index contributed by atoms with van der Waals surface area (Å²) in [6.45, 7) is 4.33. The number of aromatic nitrogens is 1. The van der Waals surface area contributed by atoms with E-state index in [2.05, 4.69) is 47.3 Å². The Morgan fingerprint density at radius 2 is 1.70 bits per heavy atom. The van der Waals surface area contributed by atoms with Crippen molar-refractivity contribution in [1.29, 1.82) is 0 Å². The average molecular weight is 308 g/mol. The molecule has 0 amide bonds. The van der Waals surface area contributed by atoms with Gasteiger partial charge in [0, 0.05) is 35.7 Å². The molecule has 4 fully saturated rings. The van der Waals surface area contributed by atoms with Crippen LogP contribution in [-0.2, 0) is 13.1 Å². The second-order valence-electron chi connectivity index (χ2n) is 8.51. The predicted octanol–water partition coefficient (Wildman–Crippen LogP) is 4.72. The van der Waals surface area contributed by atoms with E-state index in [1.165, 1.54) is 55.0 Å². The molecule has 1 aromatic heterocycles. The van der Waals surface area contributed by atoms with Gasteiger partial charge in [-0.1, -0.05) is 18.2 Å². The molecule has 122 valence electrons. The topological polar surface area (TPSA) is 17.0 Å². The van der Waals surface area contributed by atoms with Gasteiger partial charge >= 0.3 is 0 Å². The molecule has 0 atom stereocenters. The Morgan fingerprint density at radius 1 is 1.04 bits per heavy atom. The van der Waals surface area contributed by atoms with E-state index in [4.69, 9.17) is 0 Å². The van der Waals surface area contributed by atoms with Gasteiger partial charge in [-0.25, -0.2) is 0 Å². The van der Waals surface area contributed by atoms with Crippen LogP contribution in [0.25, 0.3) is 10.9 Å². The summed E-state index contributed by atoms with van der Waals surface area (Å²) in [7, 11) is 0. The van der Waals surface area contributed by atoms with Crippen molar-refractivity contribution in [2.45, 2.75) is 64.1 Å². The van der Waals surface area contributed by atoms with Crippen LogP contribution in [0.2, 0.25) is 0 Å². The molecular formula is C21H28N2. The molecule has 0 saturated heterocycles. The monoisotopic (exact) mass is 308 g/mol. The van der Waals surface area contributed by atoms with Gasteiger partial charge in [0.2, 0.25) is 0 Å². The summed E-state index contributed by atoms with van der Waals surface area (Å²) in [6.07, 6.45) is 11.3. The zero-order valence-electron chi connectivity index (χ0n) is 14.2. The first-order valence-electron chi connectivity index (χ1n) is 9.56. The van der Waals surface area contributed by atoms with Gasteiger partial charge in [0.05, 0.1) is 0 Å². The van der Waals surface area contributed by atoms with Gasteiger partial charge < -0.3 is 9.88 Å². The van der Waals surface area contributed by atoms with Crippen LogP contribution in [0.1, 0.15) is 51.0 Å². The molecule has 2 nitrogen and oxygen atoms in total. The molecule has 2 heteroatoms. The Balaban J connectivity index is 1.41. The van der Waals surface area contributed by atoms with Gasteiger partial charge in [0.15, 0.2) is 0 Å². The van der Waals surface area contributed by atoms with Gasteiger partial charge in [0.25, 0.3) is 0 Å². The summed E-state index contributed by atoms with van der Waals surface area (Å²) in [6, 6.07) is 8.88. The van der Waals surface area contributed by atoms with Crippen molar-refractivity contribution in [3.05, 3.63) is 36.0 Å². The normalized spacial score (nSPS) is 35.3. The Bertz CT molecular complexity index is 691. The standard InChI is InChI=1S/C21H28N2/c1-2-23-14-18(19-5-3-4-6-20(19)23)13-22-21-10-15-7-16(11-21)9-17(8-15)12-21/h3-6,14-17,22H,2,7-13H2,1H3. The third-order valence-electron chi connectivity index (χ3n) is 6.90. The molecule has 0 unspecified atom stereocenters. The van der Waals surface area contributed by atoms with E-state index in [1.54, 1.807) is 0 Å². The highest BCUT2D eigenvalue weighted by molar-refractivity contribution is 5.83. The minimum atomic E-state index is 0.462. The first kappa shape index (κ1) is 14.1. The summed E-state index contributed by atoms with van der Waals surface area (Å²) >= 11 is 0. The van der Waals surface area contributed by atoms with Crippen LogP contribution in [-0.4, -0.2) is 10.1 Å². The summed E-state index contributed by atoms with van der Waals surface area (Å²) in [5, 5.41) is 5.50. The molecule has 1 N–H and O–H groups in total. The zero-order chi connectivity index (χ0) is 15.4. The van der Waals surface area contributed by atoms with Crippen LogP contribution < -0.4 is 5.32 Å². The largest absolute Gasteiger partial charge is 0.347 e. The van der Waals surface area contributed by atoms with Crippen molar-refractivity contribution >= 4 is 10.9 Å². The summed E-state index contributed by atoms with van der Waals surface area (Å²) < 4.78 is 2.39. The van der Waals surface area contributed by atoms with Crippen LogP contribution >= 0.6 is 0 Å². The molecule has 4 aliphatic rings. The van der Waals surface area contributed by atoms with Crippen molar-refractivity contribution in [2.75, 3.05) is 0 Å². The van der Waals surface area contributed by atoms with Crippen LogP contribution in [0, 0.1) is 17.8 Å². The third kappa shape index (κ3) is 2.26. The highest BCUT2D eigenvalue weighted by Crippen LogP contribution is 2.55. The summed E-state index contributed by atoms with van der Waals surface area (Å²) in [5.41, 5.74) is 3.33. The number of benzene rings is 1. The molecule has 0 aliphatic heterocycles. The van der Waals surface area contributed by atoms with E-state index in [1.807, 2.05) is 0 Å².